The number of amides is 1. The molecule has 1 amide bonds. The summed E-state index contributed by atoms with van der Waals surface area (Å²) in [5.41, 5.74) is 1.95. The number of hydrogen-bond donors (Lipinski definition) is 1. The number of fused-ring (bicyclic) bond motifs is 1. The maximum atomic E-state index is 12.3. The molecule has 1 N–H and O–H groups in total. The van der Waals surface area contributed by atoms with Crippen molar-refractivity contribution in [3.63, 3.8) is 0 Å². The normalized spacial score (nSPS) is 13.9. The summed E-state index contributed by atoms with van der Waals surface area (Å²) in [5.74, 6) is 1.13. The number of nitrogens with one attached hydrogen (secondary N) is 1. The number of carbonyl (C=O) groups is 1. The van der Waals surface area contributed by atoms with Crippen molar-refractivity contribution in [3.05, 3.63) is 38.8 Å². The van der Waals surface area contributed by atoms with Gasteiger partial charge in [0.15, 0.2) is 11.5 Å². The van der Waals surface area contributed by atoms with E-state index in [1.165, 1.54) is 0 Å². The average molecular weight is 409 g/mol. The Labute approximate surface area is 169 Å². The molecule has 0 saturated carbocycles. The number of benzene rings is 1. The highest BCUT2D eigenvalue weighted by atomic mass is 35.5. The van der Waals surface area contributed by atoms with Crippen LogP contribution in [0.25, 0.3) is 0 Å². The van der Waals surface area contributed by atoms with Gasteiger partial charge in [0.25, 0.3) is 0 Å². The topological polar surface area (TPSA) is 60.5 Å². The van der Waals surface area contributed by atoms with Crippen LogP contribution in [0.5, 0.6) is 11.5 Å². The van der Waals surface area contributed by atoms with E-state index < -0.39 is 0 Å². The van der Waals surface area contributed by atoms with E-state index in [1.807, 2.05) is 6.07 Å². The molecule has 0 saturated heterocycles. The summed E-state index contributed by atoms with van der Waals surface area (Å²) in [6, 6.07) is 3.60. The lowest BCUT2D eigenvalue weighted by Gasteiger charge is -2.14. The Morgan fingerprint density at radius 2 is 2.07 bits per heavy atom. The van der Waals surface area contributed by atoms with Crippen LogP contribution < -0.4 is 14.8 Å². The van der Waals surface area contributed by atoms with E-state index in [-0.39, 0.29) is 17.7 Å². The molecule has 0 atom stereocenters. The van der Waals surface area contributed by atoms with Crippen LogP contribution in [-0.4, -0.2) is 30.6 Å². The smallest absolute Gasteiger partial charge is 0.224 e. The minimum absolute atomic E-state index is 0.0480. The first-order valence-corrected chi connectivity index (χ1v) is 10.4. The molecular formula is C20H25ClN2O3S. The van der Waals surface area contributed by atoms with Gasteiger partial charge in [-0.3, -0.25) is 4.79 Å². The van der Waals surface area contributed by atoms with Crippen molar-refractivity contribution in [2.45, 2.75) is 45.4 Å². The van der Waals surface area contributed by atoms with Crippen LogP contribution in [0, 0.1) is 0 Å². The first-order valence-electron chi connectivity index (χ1n) is 9.12. The highest BCUT2D eigenvalue weighted by Crippen LogP contribution is 2.38. The Balaban J connectivity index is 1.53. The zero-order chi connectivity index (χ0) is 19.4. The predicted octanol–water partition coefficient (Wildman–Crippen LogP) is 4.16. The van der Waals surface area contributed by atoms with Crippen molar-refractivity contribution in [1.82, 2.24) is 10.3 Å². The van der Waals surface area contributed by atoms with E-state index >= 15 is 0 Å². The molecule has 146 valence electrons. The SMILES string of the molecule is CC(C)(C)c1csc(CCNC(=O)Cc2cc(Cl)c3c(c2)OCCCO3)n1. The Kier molecular flexibility index (Phi) is 6.27. The number of aromatic nitrogens is 1. The van der Waals surface area contributed by atoms with E-state index in [0.29, 0.717) is 36.3 Å². The largest absolute Gasteiger partial charge is 0.489 e. The maximum Gasteiger partial charge on any atom is 0.224 e. The average Bonchev–Trinajstić information content (AvgIpc) is 2.93. The van der Waals surface area contributed by atoms with Gasteiger partial charge in [-0.1, -0.05) is 32.4 Å². The van der Waals surface area contributed by atoms with Crippen LogP contribution in [0.3, 0.4) is 0 Å². The third-order valence-corrected chi connectivity index (χ3v) is 5.40. The van der Waals surface area contributed by atoms with Crippen LogP contribution in [0.15, 0.2) is 17.5 Å². The molecule has 1 aromatic carbocycles. The fourth-order valence-electron chi connectivity index (χ4n) is 2.71. The highest BCUT2D eigenvalue weighted by Gasteiger charge is 2.18. The summed E-state index contributed by atoms with van der Waals surface area (Å²) in [6.07, 6.45) is 1.80. The van der Waals surface area contributed by atoms with Gasteiger partial charge in [0.1, 0.15) is 0 Å². The van der Waals surface area contributed by atoms with Gasteiger partial charge in [0.2, 0.25) is 5.91 Å². The van der Waals surface area contributed by atoms with Gasteiger partial charge >= 0.3 is 0 Å². The second-order valence-corrected chi connectivity index (χ2v) is 8.96. The third kappa shape index (κ3) is 5.36. The monoisotopic (exact) mass is 408 g/mol. The van der Waals surface area contributed by atoms with Crippen molar-refractivity contribution >= 4 is 28.8 Å². The second kappa shape index (κ2) is 8.48. The van der Waals surface area contributed by atoms with Crippen molar-refractivity contribution in [2.24, 2.45) is 0 Å². The summed E-state index contributed by atoms with van der Waals surface area (Å²) >= 11 is 7.92. The zero-order valence-electron chi connectivity index (χ0n) is 15.9. The first kappa shape index (κ1) is 20.0. The summed E-state index contributed by atoms with van der Waals surface area (Å²) < 4.78 is 11.3. The van der Waals surface area contributed by atoms with E-state index in [0.717, 1.165) is 29.1 Å². The molecule has 0 bridgehead atoms. The summed E-state index contributed by atoms with van der Waals surface area (Å²) in [4.78, 5) is 16.9. The molecule has 2 aromatic rings. The minimum Gasteiger partial charge on any atom is -0.489 e. The van der Waals surface area contributed by atoms with Gasteiger partial charge in [-0.05, 0) is 17.7 Å². The quantitative estimate of drug-likeness (QED) is 0.807. The molecule has 0 spiro atoms. The fourth-order valence-corrected chi connectivity index (χ4v) is 4.03. The number of hydrogen-bond acceptors (Lipinski definition) is 5. The number of ether oxygens (including phenoxy) is 2. The van der Waals surface area contributed by atoms with Gasteiger partial charge in [-0.2, -0.15) is 0 Å². The van der Waals surface area contributed by atoms with E-state index in [9.17, 15) is 4.79 Å². The van der Waals surface area contributed by atoms with E-state index in [2.05, 4.69) is 36.5 Å². The Hall–Kier alpha value is -1.79. The standard InChI is InChI=1S/C20H25ClN2O3S/c1-20(2,3)16-12-27-18(23-16)5-6-22-17(24)11-13-9-14(21)19-15(10-13)25-7-4-8-26-19/h9-10,12H,4-8,11H2,1-3H3,(H,22,24). The zero-order valence-corrected chi connectivity index (χ0v) is 17.5. The molecule has 0 unspecified atom stereocenters. The Morgan fingerprint density at radius 1 is 1.30 bits per heavy atom. The predicted molar refractivity (Wildman–Crippen MR) is 108 cm³/mol. The van der Waals surface area contributed by atoms with Crippen LogP contribution >= 0.6 is 22.9 Å². The van der Waals surface area contributed by atoms with Gasteiger partial charge in [0.05, 0.1) is 35.4 Å². The number of halogens is 1. The molecule has 0 radical (unpaired) electrons. The lowest BCUT2D eigenvalue weighted by Crippen LogP contribution is -2.27. The van der Waals surface area contributed by atoms with Crippen molar-refractivity contribution < 1.29 is 14.3 Å². The third-order valence-electron chi connectivity index (χ3n) is 4.21. The highest BCUT2D eigenvalue weighted by molar-refractivity contribution is 7.09. The fraction of sp³-hybridized carbons (Fsp3) is 0.500. The molecule has 27 heavy (non-hydrogen) atoms. The van der Waals surface area contributed by atoms with Gasteiger partial charge in [0, 0.05) is 30.2 Å². The molecule has 3 rings (SSSR count). The maximum absolute atomic E-state index is 12.3. The van der Waals surface area contributed by atoms with Crippen LogP contribution in [0.2, 0.25) is 5.02 Å². The molecule has 1 aliphatic rings. The summed E-state index contributed by atoms with van der Waals surface area (Å²) in [6.45, 7) is 8.17. The molecule has 1 aliphatic heterocycles. The molecule has 2 heterocycles. The number of rotatable bonds is 5. The molecule has 7 heteroatoms. The van der Waals surface area contributed by atoms with Crippen LogP contribution in [-0.2, 0) is 23.1 Å². The number of thiazole rings is 1. The minimum atomic E-state index is -0.0480. The van der Waals surface area contributed by atoms with Crippen LogP contribution in [0.4, 0.5) is 0 Å². The van der Waals surface area contributed by atoms with E-state index in [1.54, 1.807) is 17.4 Å². The van der Waals surface area contributed by atoms with Gasteiger partial charge < -0.3 is 14.8 Å². The van der Waals surface area contributed by atoms with Gasteiger partial charge in [-0.25, -0.2) is 4.98 Å². The van der Waals surface area contributed by atoms with Crippen molar-refractivity contribution in [3.8, 4) is 11.5 Å². The Bertz CT molecular complexity index is 814. The number of nitrogens with zero attached hydrogens (tertiary/aromatic N) is 1. The summed E-state index contributed by atoms with van der Waals surface area (Å²) in [5, 5.41) is 6.57. The lowest BCUT2D eigenvalue weighted by molar-refractivity contribution is -0.120. The second-order valence-electron chi connectivity index (χ2n) is 7.61. The van der Waals surface area contributed by atoms with E-state index in [4.69, 9.17) is 21.1 Å². The molecule has 5 nitrogen and oxygen atoms in total. The molecular weight excluding hydrogens is 384 g/mol. The van der Waals surface area contributed by atoms with Crippen LogP contribution in [0.1, 0.15) is 43.5 Å². The molecule has 0 aliphatic carbocycles. The molecule has 0 fully saturated rings. The first-order chi connectivity index (χ1) is 12.8. The summed E-state index contributed by atoms with van der Waals surface area (Å²) in [7, 11) is 0. The van der Waals surface area contributed by atoms with Gasteiger partial charge in [-0.15, -0.1) is 11.3 Å². The van der Waals surface area contributed by atoms with Crippen molar-refractivity contribution in [2.75, 3.05) is 19.8 Å². The number of carbonyl (C=O) groups excluding carboxylic acids is 1. The Morgan fingerprint density at radius 3 is 2.81 bits per heavy atom. The van der Waals surface area contributed by atoms with Crippen molar-refractivity contribution in [1.29, 1.82) is 0 Å². The molecule has 1 aromatic heterocycles. The lowest BCUT2D eigenvalue weighted by atomic mass is 9.93.